The maximum atomic E-state index is 10.9. The molecule has 2 aliphatic heterocycles. The molecule has 2 heterocycles. The Bertz CT molecular complexity index is 253. The predicted molar refractivity (Wildman–Crippen MR) is 59.3 cm³/mol. The van der Waals surface area contributed by atoms with E-state index >= 15 is 0 Å². The first kappa shape index (κ1) is 11.2. The van der Waals surface area contributed by atoms with Crippen LogP contribution in [0.1, 0.15) is 38.5 Å². The van der Waals surface area contributed by atoms with E-state index in [0.29, 0.717) is 12.1 Å². The minimum atomic E-state index is -0.572. The van der Waals surface area contributed by atoms with Crippen molar-refractivity contribution in [1.82, 2.24) is 4.90 Å². The second-order valence-electron chi connectivity index (χ2n) is 5.07. The Labute approximate surface area is 96.2 Å². The van der Waals surface area contributed by atoms with Crippen LogP contribution in [-0.4, -0.2) is 34.1 Å². The lowest BCUT2D eigenvalue weighted by molar-refractivity contribution is -0.144. The van der Waals surface area contributed by atoms with Crippen LogP contribution in [0.15, 0.2) is 0 Å². The van der Waals surface area contributed by atoms with E-state index in [1.165, 1.54) is 25.7 Å². The van der Waals surface area contributed by atoms with Crippen LogP contribution >= 0.6 is 12.4 Å². The second-order valence-corrected chi connectivity index (χ2v) is 5.07. The summed E-state index contributed by atoms with van der Waals surface area (Å²) in [5.74, 6) is -0.625. The van der Waals surface area contributed by atoms with E-state index in [0.717, 1.165) is 18.9 Å². The third-order valence-corrected chi connectivity index (χ3v) is 4.11. The Morgan fingerprint density at radius 1 is 1.00 bits per heavy atom. The van der Waals surface area contributed by atoms with Crippen molar-refractivity contribution in [2.24, 2.45) is 5.92 Å². The monoisotopic (exact) mass is 231 g/mol. The summed E-state index contributed by atoms with van der Waals surface area (Å²) < 4.78 is 0. The van der Waals surface area contributed by atoms with Crippen molar-refractivity contribution in [2.75, 3.05) is 0 Å². The molecular formula is C11H18ClNO2. The highest BCUT2D eigenvalue weighted by Gasteiger charge is 2.48. The van der Waals surface area contributed by atoms with Gasteiger partial charge in [0.2, 0.25) is 0 Å². The molecule has 0 amide bonds. The lowest BCUT2D eigenvalue weighted by Gasteiger charge is -2.37. The van der Waals surface area contributed by atoms with Gasteiger partial charge < -0.3 is 5.11 Å². The van der Waals surface area contributed by atoms with Gasteiger partial charge in [0.25, 0.3) is 0 Å². The van der Waals surface area contributed by atoms with Gasteiger partial charge in [0.15, 0.2) is 0 Å². The second kappa shape index (κ2) is 3.95. The van der Waals surface area contributed by atoms with Gasteiger partial charge in [-0.1, -0.05) is 0 Å². The molecule has 1 N–H and O–H groups in total. The van der Waals surface area contributed by atoms with Crippen molar-refractivity contribution >= 4 is 18.4 Å². The number of piperidine rings is 1. The van der Waals surface area contributed by atoms with Crippen molar-refractivity contribution < 1.29 is 9.90 Å². The molecule has 4 heteroatoms. The molecule has 1 aliphatic carbocycles. The van der Waals surface area contributed by atoms with Gasteiger partial charge in [-0.3, -0.25) is 9.69 Å². The van der Waals surface area contributed by atoms with Gasteiger partial charge in [0, 0.05) is 18.1 Å². The number of nitrogens with zero attached hydrogens (tertiary/aromatic N) is 1. The summed E-state index contributed by atoms with van der Waals surface area (Å²) >= 11 is 0. The average Bonchev–Trinajstić information content (AvgIpc) is 2.94. The molecule has 0 spiro atoms. The molecule has 0 radical (unpaired) electrons. The van der Waals surface area contributed by atoms with Crippen LogP contribution in [0.3, 0.4) is 0 Å². The summed E-state index contributed by atoms with van der Waals surface area (Å²) in [6, 6.07) is 2.02. The van der Waals surface area contributed by atoms with Gasteiger partial charge in [-0.2, -0.15) is 0 Å². The molecule has 2 bridgehead atoms. The Hall–Kier alpha value is -0.280. The SMILES string of the molecule is Cl.O=C(O)C1CC2CCC(C1)N2C1CC1. The average molecular weight is 232 g/mol. The van der Waals surface area contributed by atoms with E-state index in [2.05, 4.69) is 4.90 Å². The molecule has 0 aromatic rings. The highest BCUT2D eigenvalue weighted by Crippen LogP contribution is 2.45. The number of aliphatic carboxylic acids is 1. The van der Waals surface area contributed by atoms with Crippen molar-refractivity contribution in [3.63, 3.8) is 0 Å². The number of rotatable bonds is 2. The molecule has 2 unspecified atom stereocenters. The summed E-state index contributed by atoms with van der Waals surface area (Å²) in [7, 11) is 0. The first-order chi connectivity index (χ1) is 6.75. The van der Waals surface area contributed by atoms with Crippen LogP contribution in [0.2, 0.25) is 0 Å². The van der Waals surface area contributed by atoms with Crippen LogP contribution in [-0.2, 0) is 4.79 Å². The van der Waals surface area contributed by atoms with Crippen molar-refractivity contribution in [1.29, 1.82) is 0 Å². The van der Waals surface area contributed by atoms with Crippen molar-refractivity contribution in [2.45, 2.75) is 56.7 Å². The number of hydrogen-bond donors (Lipinski definition) is 1. The van der Waals surface area contributed by atoms with Crippen LogP contribution in [0.25, 0.3) is 0 Å². The van der Waals surface area contributed by atoms with Gasteiger partial charge in [-0.25, -0.2) is 0 Å². The third-order valence-electron chi connectivity index (χ3n) is 4.11. The fourth-order valence-corrected chi connectivity index (χ4v) is 3.38. The molecule has 0 aromatic heterocycles. The molecule has 86 valence electrons. The quantitative estimate of drug-likeness (QED) is 0.789. The number of carboxylic acid groups (broad SMARTS) is 1. The molecule has 3 fully saturated rings. The van der Waals surface area contributed by atoms with E-state index in [4.69, 9.17) is 5.11 Å². The summed E-state index contributed by atoms with van der Waals surface area (Å²) in [4.78, 5) is 13.6. The smallest absolute Gasteiger partial charge is 0.306 e. The lowest BCUT2D eigenvalue weighted by Crippen LogP contribution is -2.45. The van der Waals surface area contributed by atoms with E-state index in [1.807, 2.05) is 0 Å². The Morgan fingerprint density at radius 2 is 1.47 bits per heavy atom. The maximum Gasteiger partial charge on any atom is 0.306 e. The molecule has 2 saturated heterocycles. The van der Waals surface area contributed by atoms with Gasteiger partial charge in [-0.15, -0.1) is 12.4 Å². The third kappa shape index (κ3) is 1.87. The van der Waals surface area contributed by atoms with E-state index in [-0.39, 0.29) is 18.3 Å². The molecular weight excluding hydrogens is 214 g/mol. The number of fused-ring (bicyclic) bond motifs is 2. The molecule has 1 saturated carbocycles. The first-order valence-electron chi connectivity index (χ1n) is 5.76. The van der Waals surface area contributed by atoms with Crippen LogP contribution in [0.4, 0.5) is 0 Å². The summed E-state index contributed by atoms with van der Waals surface area (Å²) in [5.41, 5.74) is 0. The van der Waals surface area contributed by atoms with Crippen LogP contribution in [0, 0.1) is 5.92 Å². The Morgan fingerprint density at radius 3 is 1.87 bits per heavy atom. The number of halogens is 1. The summed E-state index contributed by atoms with van der Waals surface area (Å²) in [5, 5.41) is 9.02. The van der Waals surface area contributed by atoms with Crippen molar-refractivity contribution in [3.05, 3.63) is 0 Å². The molecule has 0 aromatic carbocycles. The minimum absolute atomic E-state index is 0. The minimum Gasteiger partial charge on any atom is -0.481 e. The highest BCUT2D eigenvalue weighted by atomic mass is 35.5. The van der Waals surface area contributed by atoms with E-state index in [1.54, 1.807) is 0 Å². The number of carbonyl (C=O) groups is 1. The zero-order valence-corrected chi connectivity index (χ0v) is 9.58. The number of hydrogen-bond acceptors (Lipinski definition) is 2. The lowest BCUT2D eigenvalue weighted by atomic mass is 9.91. The van der Waals surface area contributed by atoms with Gasteiger partial charge in [0.05, 0.1) is 5.92 Å². The summed E-state index contributed by atoms with van der Waals surface area (Å²) in [6.45, 7) is 0. The predicted octanol–water partition coefficient (Wildman–Crippen LogP) is 1.90. The fraction of sp³-hybridized carbons (Fsp3) is 0.909. The zero-order chi connectivity index (χ0) is 9.71. The maximum absolute atomic E-state index is 10.9. The molecule has 3 rings (SSSR count). The van der Waals surface area contributed by atoms with Crippen molar-refractivity contribution in [3.8, 4) is 0 Å². The van der Waals surface area contributed by atoms with Gasteiger partial charge in [0.1, 0.15) is 0 Å². The van der Waals surface area contributed by atoms with E-state index < -0.39 is 5.97 Å². The molecule has 3 aliphatic rings. The van der Waals surface area contributed by atoms with Gasteiger partial charge >= 0.3 is 5.97 Å². The number of carboxylic acids is 1. The zero-order valence-electron chi connectivity index (χ0n) is 8.76. The van der Waals surface area contributed by atoms with E-state index in [9.17, 15) is 4.79 Å². The van der Waals surface area contributed by atoms with Crippen LogP contribution in [0.5, 0.6) is 0 Å². The Balaban J connectivity index is 0.000000853. The molecule has 15 heavy (non-hydrogen) atoms. The topological polar surface area (TPSA) is 40.5 Å². The summed E-state index contributed by atoms with van der Waals surface area (Å²) in [6.07, 6.45) is 7.00. The normalized spacial score (nSPS) is 39.9. The highest BCUT2D eigenvalue weighted by molar-refractivity contribution is 5.85. The largest absolute Gasteiger partial charge is 0.481 e. The fourth-order valence-electron chi connectivity index (χ4n) is 3.38. The molecule has 3 nitrogen and oxygen atoms in total. The van der Waals surface area contributed by atoms with Crippen LogP contribution < -0.4 is 0 Å². The Kier molecular flexibility index (Phi) is 2.95. The standard InChI is InChI=1S/C11H17NO2.ClH/c13-11(14)7-5-9-3-4-10(6-7)12(9)8-1-2-8;/h7-10H,1-6H2,(H,13,14);1H. The van der Waals surface area contributed by atoms with Gasteiger partial charge in [-0.05, 0) is 38.5 Å². The molecule has 2 atom stereocenters. The first-order valence-corrected chi connectivity index (χ1v) is 5.76.